The van der Waals surface area contributed by atoms with Gasteiger partial charge in [0.2, 0.25) is 5.88 Å². The van der Waals surface area contributed by atoms with E-state index in [-0.39, 0.29) is 0 Å². The lowest BCUT2D eigenvalue weighted by molar-refractivity contribution is 0.123. The summed E-state index contributed by atoms with van der Waals surface area (Å²) in [5.41, 5.74) is 1.38. The van der Waals surface area contributed by atoms with Crippen molar-refractivity contribution >= 4 is 0 Å². The number of aromatic nitrogens is 2. The average molecular weight is 283 g/mol. The van der Waals surface area contributed by atoms with Gasteiger partial charge in [-0.3, -0.25) is 9.88 Å². The largest absolute Gasteiger partial charge is 0.476 e. The number of nitrogens with zero attached hydrogens (tertiary/aromatic N) is 3. The SMILES string of the molecule is c1ccc(CN2CCCC(COc3cnccn3)C2)cc1. The summed E-state index contributed by atoms with van der Waals surface area (Å²) in [4.78, 5) is 10.7. The Hall–Kier alpha value is -1.94. The number of benzene rings is 1. The van der Waals surface area contributed by atoms with Gasteiger partial charge in [-0.1, -0.05) is 30.3 Å². The number of ether oxygens (including phenoxy) is 1. The topological polar surface area (TPSA) is 38.2 Å². The molecule has 0 saturated carbocycles. The predicted molar refractivity (Wildman–Crippen MR) is 82.0 cm³/mol. The van der Waals surface area contributed by atoms with Gasteiger partial charge in [-0.2, -0.15) is 0 Å². The lowest BCUT2D eigenvalue weighted by Crippen LogP contribution is -2.37. The Balaban J connectivity index is 1.49. The molecule has 0 aliphatic carbocycles. The smallest absolute Gasteiger partial charge is 0.232 e. The minimum Gasteiger partial charge on any atom is -0.476 e. The molecule has 1 aliphatic rings. The second-order valence-corrected chi connectivity index (χ2v) is 5.58. The lowest BCUT2D eigenvalue weighted by Gasteiger charge is -2.32. The molecule has 2 aromatic rings. The zero-order valence-electron chi connectivity index (χ0n) is 12.2. The van der Waals surface area contributed by atoms with Crippen LogP contribution in [-0.4, -0.2) is 34.6 Å². The second-order valence-electron chi connectivity index (χ2n) is 5.58. The average Bonchev–Trinajstić information content (AvgIpc) is 2.55. The maximum absolute atomic E-state index is 5.74. The van der Waals surface area contributed by atoms with Crippen molar-refractivity contribution in [1.82, 2.24) is 14.9 Å². The molecule has 3 rings (SSSR count). The zero-order valence-corrected chi connectivity index (χ0v) is 12.2. The molecule has 4 heteroatoms. The number of hydrogen-bond donors (Lipinski definition) is 0. The summed E-state index contributed by atoms with van der Waals surface area (Å²) in [6.45, 7) is 4.03. The predicted octanol–water partition coefficient (Wildman–Crippen LogP) is 2.77. The molecule has 21 heavy (non-hydrogen) atoms. The third kappa shape index (κ3) is 4.26. The summed E-state index contributed by atoms with van der Waals surface area (Å²) >= 11 is 0. The van der Waals surface area contributed by atoms with Crippen molar-refractivity contribution in [1.29, 1.82) is 0 Å². The Kier molecular flexibility index (Phi) is 4.79. The molecule has 1 aromatic heterocycles. The van der Waals surface area contributed by atoms with Crippen LogP contribution < -0.4 is 4.74 Å². The van der Waals surface area contributed by atoms with Crippen LogP contribution >= 0.6 is 0 Å². The first kappa shape index (κ1) is 14.0. The molecule has 0 radical (unpaired) electrons. The molecule has 1 unspecified atom stereocenters. The first-order chi connectivity index (χ1) is 10.4. The monoisotopic (exact) mass is 283 g/mol. The van der Waals surface area contributed by atoms with Crippen LogP contribution in [0.4, 0.5) is 0 Å². The van der Waals surface area contributed by atoms with E-state index in [1.165, 1.54) is 24.9 Å². The summed E-state index contributed by atoms with van der Waals surface area (Å²) < 4.78 is 5.74. The highest BCUT2D eigenvalue weighted by Crippen LogP contribution is 2.19. The van der Waals surface area contributed by atoms with Crippen molar-refractivity contribution in [3.05, 3.63) is 54.5 Å². The molecule has 0 bridgehead atoms. The molecule has 1 fully saturated rings. The van der Waals surface area contributed by atoms with Crippen LogP contribution in [-0.2, 0) is 6.54 Å². The maximum atomic E-state index is 5.74. The fourth-order valence-electron chi connectivity index (χ4n) is 2.84. The summed E-state index contributed by atoms with van der Waals surface area (Å²) in [6.07, 6.45) is 7.46. The van der Waals surface area contributed by atoms with E-state index in [2.05, 4.69) is 45.2 Å². The number of piperidine rings is 1. The van der Waals surface area contributed by atoms with Crippen molar-refractivity contribution in [2.24, 2.45) is 5.92 Å². The van der Waals surface area contributed by atoms with E-state index in [0.29, 0.717) is 11.8 Å². The Morgan fingerprint density at radius 1 is 1.19 bits per heavy atom. The minimum atomic E-state index is 0.574. The molecular formula is C17H21N3O. The molecule has 0 amide bonds. The van der Waals surface area contributed by atoms with Gasteiger partial charge < -0.3 is 4.74 Å². The van der Waals surface area contributed by atoms with Crippen molar-refractivity contribution < 1.29 is 4.74 Å². The Bertz CT molecular complexity index is 532. The van der Waals surface area contributed by atoms with Crippen LogP contribution in [0.25, 0.3) is 0 Å². The number of hydrogen-bond acceptors (Lipinski definition) is 4. The van der Waals surface area contributed by atoms with Crippen LogP contribution in [0.15, 0.2) is 48.9 Å². The molecule has 2 heterocycles. The Morgan fingerprint density at radius 2 is 2.10 bits per heavy atom. The van der Waals surface area contributed by atoms with Crippen molar-refractivity contribution in [2.45, 2.75) is 19.4 Å². The highest BCUT2D eigenvalue weighted by molar-refractivity contribution is 5.14. The van der Waals surface area contributed by atoms with Gasteiger partial charge in [-0.25, -0.2) is 4.98 Å². The van der Waals surface area contributed by atoms with Crippen molar-refractivity contribution in [3.63, 3.8) is 0 Å². The van der Waals surface area contributed by atoms with Gasteiger partial charge in [-0.15, -0.1) is 0 Å². The van der Waals surface area contributed by atoms with Gasteiger partial charge >= 0.3 is 0 Å². The molecule has 0 spiro atoms. The van der Waals surface area contributed by atoms with Gasteiger partial charge in [-0.05, 0) is 24.9 Å². The molecule has 1 aliphatic heterocycles. The maximum Gasteiger partial charge on any atom is 0.232 e. The summed E-state index contributed by atoms with van der Waals surface area (Å²) in [6, 6.07) is 10.7. The summed E-state index contributed by atoms with van der Waals surface area (Å²) in [5, 5.41) is 0. The van der Waals surface area contributed by atoms with Gasteiger partial charge in [0.25, 0.3) is 0 Å². The van der Waals surface area contributed by atoms with Crippen LogP contribution in [0.1, 0.15) is 18.4 Å². The van der Waals surface area contributed by atoms with E-state index in [1.807, 2.05) is 0 Å². The first-order valence-electron chi connectivity index (χ1n) is 7.55. The molecule has 1 saturated heterocycles. The Labute approximate surface area is 125 Å². The van der Waals surface area contributed by atoms with Crippen LogP contribution in [0.2, 0.25) is 0 Å². The third-order valence-corrected chi connectivity index (χ3v) is 3.86. The normalized spacial score (nSPS) is 19.3. The highest BCUT2D eigenvalue weighted by atomic mass is 16.5. The van der Waals surface area contributed by atoms with Crippen molar-refractivity contribution in [3.8, 4) is 5.88 Å². The number of likely N-dealkylation sites (tertiary alicyclic amines) is 1. The fraction of sp³-hybridized carbons (Fsp3) is 0.412. The zero-order chi connectivity index (χ0) is 14.3. The van der Waals surface area contributed by atoms with Gasteiger partial charge in [0.1, 0.15) is 0 Å². The molecular weight excluding hydrogens is 262 g/mol. The number of rotatable bonds is 5. The Morgan fingerprint density at radius 3 is 2.90 bits per heavy atom. The van der Waals surface area contributed by atoms with Crippen molar-refractivity contribution in [2.75, 3.05) is 19.7 Å². The minimum absolute atomic E-state index is 0.574. The summed E-state index contributed by atoms with van der Waals surface area (Å²) in [5.74, 6) is 1.20. The van der Waals surface area contributed by atoms with E-state index >= 15 is 0 Å². The van der Waals surface area contributed by atoms with Gasteiger partial charge in [0.05, 0.1) is 12.8 Å². The lowest BCUT2D eigenvalue weighted by atomic mass is 9.98. The van der Waals surface area contributed by atoms with E-state index in [0.717, 1.165) is 19.7 Å². The van der Waals surface area contributed by atoms with E-state index in [9.17, 15) is 0 Å². The molecule has 110 valence electrons. The van der Waals surface area contributed by atoms with E-state index in [4.69, 9.17) is 4.74 Å². The van der Waals surface area contributed by atoms with E-state index in [1.54, 1.807) is 18.6 Å². The molecule has 1 atom stereocenters. The molecule has 0 N–H and O–H groups in total. The quantitative estimate of drug-likeness (QED) is 0.845. The fourth-order valence-corrected chi connectivity index (χ4v) is 2.84. The standard InChI is InChI=1S/C17H21N3O/c1-2-5-15(6-3-1)12-20-10-4-7-16(13-20)14-21-17-11-18-8-9-19-17/h1-3,5-6,8-9,11,16H,4,7,10,12-14H2. The van der Waals surface area contributed by atoms with Crippen LogP contribution in [0, 0.1) is 5.92 Å². The molecule has 4 nitrogen and oxygen atoms in total. The second kappa shape index (κ2) is 7.18. The molecule has 1 aromatic carbocycles. The van der Waals surface area contributed by atoms with Crippen LogP contribution in [0.5, 0.6) is 5.88 Å². The van der Waals surface area contributed by atoms with E-state index < -0.39 is 0 Å². The summed E-state index contributed by atoms with van der Waals surface area (Å²) in [7, 11) is 0. The third-order valence-electron chi connectivity index (χ3n) is 3.86. The van der Waals surface area contributed by atoms with Crippen LogP contribution in [0.3, 0.4) is 0 Å². The van der Waals surface area contributed by atoms with Gasteiger partial charge in [0.15, 0.2) is 0 Å². The van der Waals surface area contributed by atoms with Gasteiger partial charge in [0, 0.05) is 31.4 Å². The first-order valence-corrected chi connectivity index (χ1v) is 7.55. The highest BCUT2D eigenvalue weighted by Gasteiger charge is 2.20.